The van der Waals surface area contributed by atoms with Crippen LogP contribution in [0.3, 0.4) is 0 Å². The molecule has 0 radical (unpaired) electrons. The fourth-order valence-corrected chi connectivity index (χ4v) is 7.27. The Hall–Kier alpha value is -7.37. The molecular weight excluding hydrogens is 661 g/mol. The van der Waals surface area contributed by atoms with E-state index < -0.39 is 0 Å². The van der Waals surface area contributed by atoms with Crippen molar-refractivity contribution in [3.8, 4) is 45.3 Å². The van der Waals surface area contributed by atoms with Crippen LogP contribution in [0.5, 0.6) is 0 Å². The molecule has 0 aliphatic heterocycles. The van der Waals surface area contributed by atoms with Crippen molar-refractivity contribution in [2.75, 3.05) is 4.90 Å². The van der Waals surface area contributed by atoms with Gasteiger partial charge in [-0.25, -0.2) is 15.0 Å². The minimum Gasteiger partial charge on any atom is -0.455 e. The maximum absolute atomic E-state index is 6.63. The SMILES string of the molecule is c1ccc(-c2nc(-c3ccccc3)nc(-c3ccc(-c4ccc5c(N(c6ccccc6)c6ccccc6)cc6c7ccccc7oc6c5c4)cc3)n2)cc1. The van der Waals surface area contributed by atoms with Crippen molar-refractivity contribution in [3.05, 3.63) is 194 Å². The van der Waals surface area contributed by atoms with Crippen molar-refractivity contribution >= 4 is 49.8 Å². The predicted octanol–water partition coefficient (Wildman–Crippen LogP) is 13.1. The summed E-state index contributed by atoms with van der Waals surface area (Å²) in [6.45, 7) is 0. The molecule has 5 nitrogen and oxygen atoms in total. The van der Waals surface area contributed by atoms with Crippen LogP contribution in [-0.4, -0.2) is 15.0 Å². The van der Waals surface area contributed by atoms with Gasteiger partial charge in [0.15, 0.2) is 17.5 Å². The van der Waals surface area contributed by atoms with Gasteiger partial charge >= 0.3 is 0 Å². The second kappa shape index (κ2) is 13.3. The van der Waals surface area contributed by atoms with Gasteiger partial charge in [-0.15, -0.1) is 0 Å². The van der Waals surface area contributed by atoms with Crippen LogP contribution in [-0.2, 0) is 0 Å². The van der Waals surface area contributed by atoms with Crippen LogP contribution in [0, 0.1) is 0 Å². The van der Waals surface area contributed by atoms with E-state index >= 15 is 0 Å². The summed E-state index contributed by atoms with van der Waals surface area (Å²) in [6.07, 6.45) is 0. The Labute approximate surface area is 312 Å². The van der Waals surface area contributed by atoms with E-state index in [2.05, 4.69) is 126 Å². The number of para-hydroxylation sites is 3. The van der Waals surface area contributed by atoms with E-state index in [1.807, 2.05) is 72.8 Å². The molecule has 54 heavy (non-hydrogen) atoms. The molecule has 0 aliphatic rings. The molecule has 0 atom stereocenters. The first-order valence-corrected chi connectivity index (χ1v) is 18.0. The molecule has 5 heteroatoms. The van der Waals surface area contributed by atoms with Crippen molar-refractivity contribution in [2.45, 2.75) is 0 Å². The Bertz CT molecular complexity index is 2810. The average molecular weight is 693 g/mol. The zero-order valence-electron chi connectivity index (χ0n) is 29.2. The second-order valence-corrected chi connectivity index (χ2v) is 13.3. The molecule has 0 saturated carbocycles. The Balaban J connectivity index is 1.12. The predicted molar refractivity (Wildman–Crippen MR) is 221 cm³/mol. The number of hydrogen-bond acceptors (Lipinski definition) is 5. The van der Waals surface area contributed by atoms with Gasteiger partial charge in [0.05, 0.1) is 5.69 Å². The minimum atomic E-state index is 0.628. The summed E-state index contributed by atoms with van der Waals surface area (Å²) >= 11 is 0. The third kappa shape index (κ3) is 5.65. The lowest BCUT2D eigenvalue weighted by Crippen LogP contribution is -2.10. The van der Waals surface area contributed by atoms with Crippen molar-refractivity contribution < 1.29 is 4.42 Å². The van der Waals surface area contributed by atoms with Crippen LogP contribution in [0.15, 0.2) is 199 Å². The first kappa shape index (κ1) is 31.4. The van der Waals surface area contributed by atoms with Crippen LogP contribution in [0.2, 0.25) is 0 Å². The van der Waals surface area contributed by atoms with Gasteiger partial charge in [0.1, 0.15) is 11.2 Å². The highest BCUT2D eigenvalue weighted by molar-refractivity contribution is 6.20. The van der Waals surface area contributed by atoms with Crippen molar-refractivity contribution in [2.24, 2.45) is 0 Å². The standard InChI is InChI=1S/C49H32N4O/c1-5-15-34(16-6-1)47-50-48(35-17-7-2-8-18-35)52-49(51-47)36-27-25-33(26-28-36)37-29-30-40-42(31-37)46-43(41-23-13-14-24-45(41)54-46)32-44(40)53(38-19-9-3-10-20-38)39-21-11-4-12-22-39/h1-32H. The van der Waals surface area contributed by atoms with E-state index in [1.165, 1.54) is 0 Å². The summed E-state index contributed by atoms with van der Waals surface area (Å²) in [5.74, 6) is 1.91. The van der Waals surface area contributed by atoms with Crippen molar-refractivity contribution in [3.63, 3.8) is 0 Å². The molecule has 2 heterocycles. The number of aromatic nitrogens is 3. The summed E-state index contributed by atoms with van der Waals surface area (Å²) in [5, 5.41) is 4.32. The highest BCUT2D eigenvalue weighted by atomic mass is 16.3. The summed E-state index contributed by atoms with van der Waals surface area (Å²) in [6, 6.07) is 66.9. The molecule has 0 saturated heterocycles. The number of nitrogens with zero attached hydrogens (tertiary/aromatic N) is 4. The maximum Gasteiger partial charge on any atom is 0.164 e. The quantitative estimate of drug-likeness (QED) is 0.166. The summed E-state index contributed by atoms with van der Waals surface area (Å²) in [7, 11) is 0. The fourth-order valence-electron chi connectivity index (χ4n) is 7.27. The molecule has 0 spiro atoms. The molecule has 0 N–H and O–H groups in total. The van der Waals surface area contributed by atoms with Gasteiger partial charge in [-0.05, 0) is 53.6 Å². The van der Waals surface area contributed by atoms with Gasteiger partial charge in [0.2, 0.25) is 0 Å². The number of anilines is 3. The first-order chi connectivity index (χ1) is 26.8. The second-order valence-electron chi connectivity index (χ2n) is 13.3. The summed E-state index contributed by atoms with van der Waals surface area (Å²) < 4.78 is 6.63. The van der Waals surface area contributed by atoms with Crippen LogP contribution in [0.4, 0.5) is 17.1 Å². The normalized spacial score (nSPS) is 11.3. The summed E-state index contributed by atoms with van der Waals surface area (Å²) in [4.78, 5) is 17.1. The third-order valence-electron chi connectivity index (χ3n) is 9.90. The monoisotopic (exact) mass is 692 g/mol. The van der Waals surface area contributed by atoms with E-state index in [4.69, 9.17) is 19.4 Å². The van der Waals surface area contributed by atoms with Gasteiger partial charge in [-0.2, -0.15) is 0 Å². The number of benzene rings is 8. The van der Waals surface area contributed by atoms with E-state index in [1.54, 1.807) is 0 Å². The lowest BCUT2D eigenvalue weighted by Gasteiger charge is -2.27. The minimum absolute atomic E-state index is 0.628. The Morgan fingerprint density at radius 3 is 1.35 bits per heavy atom. The van der Waals surface area contributed by atoms with Gasteiger partial charge in [0.25, 0.3) is 0 Å². The van der Waals surface area contributed by atoms with Crippen LogP contribution < -0.4 is 4.90 Å². The van der Waals surface area contributed by atoms with Gasteiger partial charge in [-0.1, -0.05) is 152 Å². The van der Waals surface area contributed by atoms with Crippen molar-refractivity contribution in [1.29, 1.82) is 0 Å². The van der Waals surface area contributed by atoms with Crippen LogP contribution in [0.25, 0.3) is 78.0 Å². The first-order valence-electron chi connectivity index (χ1n) is 18.0. The molecular formula is C49H32N4O. The lowest BCUT2D eigenvalue weighted by molar-refractivity contribution is 0.672. The number of hydrogen-bond donors (Lipinski definition) is 0. The Morgan fingerprint density at radius 1 is 0.333 bits per heavy atom. The smallest absolute Gasteiger partial charge is 0.164 e. The topological polar surface area (TPSA) is 55.1 Å². The zero-order chi connectivity index (χ0) is 35.8. The number of furan rings is 1. The van der Waals surface area contributed by atoms with E-state index in [0.717, 1.165) is 77.6 Å². The maximum atomic E-state index is 6.63. The highest BCUT2D eigenvalue weighted by Gasteiger charge is 2.21. The van der Waals surface area contributed by atoms with Gasteiger partial charge in [0, 0.05) is 49.6 Å². The highest BCUT2D eigenvalue weighted by Crippen LogP contribution is 2.45. The average Bonchev–Trinajstić information content (AvgIpc) is 3.64. The van der Waals surface area contributed by atoms with Gasteiger partial charge < -0.3 is 9.32 Å². The molecule has 0 bridgehead atoms. The lowest BCUT2D eigenvalue weighted by atomic mass is 9.97. The fraction of sp³-hybridized carbons (Fsp3) is 0. The van der Waals surface area contributed by atoms with Crippen LogP contribution in [0.1, 0.15) is 0 Å². The van der Waals surface area contributed by atoms with E-state index in [9.17, 15) is 0 Å². The van der Waals surface area contributed by atoms with Gasteiger partial charge in [-0.3, -0.25) is 0 Å². The number of fused-ring (bicyclic) bond motifs is 5. The van der Waals surface area contributed by atoms with Crippen LogP contribution >= 0.6 is 0 Å². The molecule has 10 aromatic rings. The molecule has 0 unspecified atom stereocenters. The van der Waals surface area contributed by atoms with E-state index in [0.29, 0.717) is 17.5 Å². The number of rotatable bonds is 7. The van der Waals surface area contributed by atoms with E-state index in [-0.39, 0.29) is 0 Å². The molecule has 0 amide bonds. The largest absolute Gasteiger partial charge is 0.455 e. The molecule has 0 fully saturated rings. The van der Waals surface area contributed by atoms with Crippen molar-refractivity contribution in [1.82, 2.24) is 15.0 Å². The Morgan fingerprint density at radius 2 is 0.778 bits per heavy atom. The third-order valence-corrected chi connectivity index (χ3v) is 9.90. The molecule has 10 rings (SSSR count). The zero-order valence-corrected chi connectivity index (χ0v) is 29.2. The molecule has 0 aliphatic carbocycles. The summed E-state index contributed by atoms with van der Waals surface area (Å²) in [5.41, 5.74) is 9.97. The molecule has 254 valence electrons. The molecule has 8 aromatic carbocycles. The Kier molecular flexibility index (Phi) is 7.73. The molecule has 2 aromatic heterocycles.